The largest absolute Gasteiger partial charge is 0.382 e. The minimum atomic E-state index is -0.0244. The second kappa shape index (κ2) is 6.26. The molecule has 110 valence electrons. The van der Waals surface area contributed by atoms with Crippen LogP contribution in [-0.4, -0.2) is 29.4 Å². The summed E-state index contributed by atoms with van der Waals surface area (Å²) in [5.41, 5.74) is 0.788. The van der Waals surface area contributed by atoms with Gasteiger partial charge in [0.15, 0.2) is 0 Å². The third-order valence-corrected chi connectivity index (χ3v) is 4.86. The van der Waals surface area contributed by atoms with E-state index in [2.05, 4.69) is 31.7 Å². The molecule has 2 heterocycles. The summed E-state index contributed by atoms with van der Waals surface area (Å²) in [6, 6.07) is 0. The summed E-state index contributed by atoms with van der Waals surface area (Å²) in [7, 11) is 0. The summed E-state index contributed by atoms with van der Waals surface area (Å²) in [5, 5.41) is 11.0. The summed E-state index contributed by atoms with van der Waals surface area (Å²) in [6.07, 6.45) is 6.68. The van der Waals surface area contributed by atoms with E-state index in [1.54, 1.807) is 10.9 Å². The van der Waals surface area contributed by atoms with Crippen LogP contribution in [0, 0.1) is 11.8 Å². The molecule has 1 unspecified atom stereocenters. The van der Waals surface area contributed by atoms with Crippen molar-refractivity contribution < 1.29 is 0 Å². The minimum Gasteiger partial charge on any atom is -0.382 e. The minimum absolute atomic E-state index is 0.0244. The highest BCUT2D eigenvalue weighted by Crippen LogP contribution is 2.30. The van der Waals surface area contributed by atoms with E-state index in [-0.39, 0.29) is 5.56 Å². The van der Waals surface area contributed by atoms with Gasteiger partial charge in [-0.05, 0) is 66.5 Å². The molecule has 2 N–H and O–H groups in total. The molecule has 1 saturated heterocycles. The molecular weight excluding hydrogens is 320 g/mol. The second-order valence-electron chi connectivity index (χ2n) is 5.90. The van der Waals surface area contributed by atoms with Crippen molar-refractivity contribution in [2.24, 2.45) is 11.8 Å². The lowest BCUT2D eigenvalue weighted by Crippen LogP contribution is -2.34. The van der Waals surface area contributed by atoms with E-state index in [0.29, 0.717) is 16.3 Å². The quantitative estimate of drug-likeness (QED) is 0.858. The van der Waals surface area contributed by atoms with Crippen LogP contribution < -0.4 is 16.2 Å². The normalized spacial score (nSPS) is 22.8. The summed E-state index contributed by atoms with van der Waals surface area (Å²) in [6.45, 7) is 3.82. The number of aromatic nitrogens is 2. The molecule has 1 aliphatic heterocycles. The zero-order valence-electron chi connectivity index (χ0n) is 11.6. The van der Waals surface area contributed by atoms with Gasteiger partial charge in [0.05, 0.1) is 11.9 Å². The van der Waals surface area contributed by atoms with Crippen LogP contribution in [0.25, 0.3) is 0 Å². The molecule has 2 fully saturated rings. The summed E-state index contributed by atoms with van der Waals surface area (Å²) in [5.74, 6) is 1.28. The first-order valence-electron chi connectivity index (χ1n) is 7.44. The highest BCUT2D eigenvalue weighted by atomic mass is 79.9. The third-order valence-electron chi connectivity index (χ3n) is 4.09. The van der Waals surface area contributed by atoms with Crippen LogP contribution in [0.15, 0.2) is 15.5 Å². The molecule has 3 rings (SSSR count). The Morgan fingerprint density at radius 1 is 1.40 bits per heavy atom. The lowest BCUT2D eigenvalue weighted by atomic mass is 10.00. The number of anilines is 1. The van der Waals surface area contributed by atoms with Crippen LogP contribution in [0.3, 0.4) is 0 Å². The van der Waals surface area contributed by atoms with E-state index in [1.807, 2.05) is 0 Å². The van der Waals surface area contributed by atoms with Gasteiger partial charge in [-0.2, -0.15) is 5.10 Å². The van der Waals surface area contributed by atoms with Crippen LogP contribution in [0.4, 0.5) is 5.69 Å². The van der Waals surface area contributed by atoms with Crippen molar-refractivity contribution in [1.82, 2.24) is 15.1 Å². The number of nitrogens with one attached hydrogen (secondary N) is 2. The van der Waals surface area contributed by atoms with Gasteiger partial charge in [-0.25, -0.2) is 4.68 Å². The molecule has 1 aliphatic carbocycles. The van der Waals surface area contributed by atoms with Gasteiger partial charge < -0.3 is 10.6 Å². The van der Waals surface area contributed by atoms with Gasteiger partial charge in [0.2, 0.25) is 0 Å². The predicted molar refractivity (Wildman–Crippen MR) is 83.0 cm³/mol. The fourth-order valence-corrected chi connectivity index (χ4v) is 3.06. The van der Waals surface area contributed by atoms with Crippen molar-refractivity contribution in [1.29, 1.82) is 0 Å². The number of nitrogens with zero attached hydrogens (tertiary/aromatic N) is 2. The van der Waals surface area contributed by atoms with E-state index < -0.39 is 0 Å². The summed E-state index contributed by atoms with van der Waals surface area (Å²) in [4.78, 5) is 12.2. The van der Waals surface area contributed by atoms with Gasteiger partial charge in [0, 0.05) is 13.1 Å². The highest BCUT2D eigenvalue weighted by molar-refractivity contribution is 9.10. The Labute approximate surface area is 127 Å². The monoisotopic (exact) mass is 340 g/mol. The Morgan fingerprint density at radius 3 is 2.95 bits per heavy atom. The summed E-state index contributed by atoms with van der Waals surface area (Å²) >= 11 is 3.41. The van der Waals surface area contributed by atoms with Crippen LogP contribution >= 0.6 is 15.9 Å². The molecule has 1 atom stereocenters. The average molecular weight is 341 g/mol. The van der Waals surface area contributed by atoms with Crippen molar-refractivity contribution in [2.45, 2.75) is 32.2 Å². The molecule has 6 heteroatoms. The number of hydrogen-bond acceptors (Lipinski definition) is 4. The van der Waals surface area contributed by atoms with Crippen molar-refractivity contribution in [3.05, 3.63) is 21.0 Å². The lowest BCUT2D eigenvalue weighted by molar-refractivity contribution is 0.392. The molecule has 0 bridgehead atoms. The van der Waals surface area contributed by atoms with Gasteiger partial charge in [0.1, 0.15) is 4.47 Å². The van der Waals surface area contributed by atoms with Crippen molar-refractivity contribution in [3.63, 3.8) is 0 Å². The molecule has 0 amide bonds. The smallest absolute Gasteiger partial charge is 0.283 e. The van der Waals surface area contributed by atoms with Gasteiger partial charge >= 0.3 is 0 Å². The zero-order valence-corrected chi connectivity index (χ0v) is 13.2. The number of halogens is 1. The van der Waals surface area contributed by atoms with Crippen LogP contribution in [0.5, 0.6) is 0 Å². The lowest BCUT2D eigenvalue weighted by Gasteiger charge is -2.23. The van der Waals surface area contributed by atoms with Crippen LogP contribution in [0.2, 0.25) is 0 Å². The molecule has 0 radical (unpaired) electrons. The predicted octanol–water partition coefficient (Wildman–Crippen LogP) is 1.83. The fraction of sp³-hybridized carbons (Fsp3) is 0.714. The second-order valence-corrected chi connectivity index (χ2v) is 6.69. The first kappa shape index (κ1) is 14.1. The Bertz CT molecular complexity index is 520. The van der Waals surface area contributed by atoms with Crippen molar-refractivity contribution >= 4 is 21.6 Å². The Morgan fingerprint density at radius 2 is 2.25 bits per heavy atom. The molecule has 0 aromatic carbocycles. The topological polar surface area (TPSA) is 59.0 Å². The van der Waals surface area contributed by atoms with Gasteiger partial charge in [-0.15, -0.1) is 0 Å². The summed E-state index contributed by atoms with van der Waals surface area (Å²) < 4.78 is 2.19. The number of piperidine rings is 1. The van der Waals surface area contributed by atoms with E-state index >= 15 is 0 Å². The molecule has 1 aromatic heterocycles. The molecule has 2 aliphatic rings. The Hall–Kier alpha value is -0.880. The SMILES string of the molecule is O=c1c(Br)c(NCC2CCCNC2)cnn1CC1CC1. The van der Waals surface area contributed by atoms with Gasteiger partial charge in [-0.3, -0.25) is 4.79 Å². The molecule has 1 aromatic rings. The van der Waals surface area contributed by atoms with Gasteiger partial charge in [0.25, 0.3) is 5.56 Å². The molecule has 1 saturated carbocycles. The highest BCUT2D eigenvalue weighted by Gasteiger charge is 2.23. The molecular formula is C14H21BrN4O. The Balaban J connectivity index is 1.63. The van der Waals surface area contributed by atoms with E-state index in [0.717, 1.165) is 31.9 Å². The standard InChI is InChI=1S/C14H21BrN4O/c15-13-12(17-7-11-2-1-5-16-6-11)8-18-19(14(13)20)9-10-3-4-10/h8,10-11,16-17H,1-7,9H2. The first-order chi connectivity index (χ1) is 9.74. The Kier molecular flexibility index (Phi) is 4.41. The molecule has 0 spiro atoms. The molecule has 20 heavy (non-hydrogen) atoms. The van der Waals surface area contributed by atoms with Crippen LogP contribution in [0.1, 0.15) is 25.7 Å². The van der Waals surface area contributed by atoms with E-state index in [9.17, 15) is 4.79 Å². The van der Waals surface area contributed by atoms with Crippen molar-refractivity contribution in [3.8, 4) is 0 Å². The average Bonchev–Trinajstić information content (AvgIpc) is 3.28. The maximum atomic E-state index is 12.2. The van der Waals surface area contributed by atoms with E-state index in [4.69, 9.17) is 0 Å². The van der Waals surface area contributed by atoms with Crippen molar-refractivity contribution in [2.75, 3.05) is 25.0 Å². The zero-order chi connectivity index (χ0) is 13.9. The fourth-order valence-electron chi connectivity index (χ4n) is 2.62. The molecule has 5 nitrogen and oxygen atoms in total. The van der Waals surface area contributed by atoms with Crippen LogP contribution in [-0.2, 0) is 6.54 Å². The first-order valence-corrected chi connectivity index (χ1v) is 8.23. The third kappa shape index (κ3) is 3.41. The number of hydrogen-bond donors (Lipinski definition) is 2. The van der Waals surface area contributed by atoms with Gasteiger partial charge in [-0.1, -0.05) is 0 Å². The van der Waals surface area contributed by atoms with E-state index in [1.165, 1.54) is 25.7 Å². The maximum Gasteiger partial charge on any atom is 0.283 e. The maximum absolute atomic E-state index is 12.2. The number of rotatable bonds is 5.